The molecule has 1 aromatic rings. The molecule has 1 heterocycles. The van der Waals surface area contributed by atoms with Crippen LogP contribution in [-0.4, -0.2) is 16.2 Å². The standard InChI is InChI=1S/C5H6N2O3S/c6-5(9)10-3-2-11-4(1-8)7-3/h2,8H,1H2,(H2,6,9). The zero-order valence-corrected chi connectivity index (χ0v) is 6.30. The van der Waals surface area contributed by atoms with Gasteiger partial charge < -0.3 is 15.6 Å². The number of rotatable bonds is 2. The summed E-state index contributed by atoms with van der Waals surface area (Å²) < 4.78 is 4.42. The molecule has 0 saturated carbocycles. The van der Waals surface area contributed by atoms with E-state index in [1.807, 2.05) is 0 Å². The van der Waals surface area contributed by atoms with Gasteiger partial charge in [0.05, 0.1) is 12.0 Å². The molecule has 0 unspecified atom stereocenters. The van der Waals surface area contributed by atoms with Crippen molar-refractivity contribution in [3.63, 3.8) is 0 Å². The highest BCUT2D eigenvalue weighted by molar-refractivity contribution is 7.09. The van der Waals surface area contributed by atoms with Gasteiger partial charge in [0.2, 0.25) is 5.88 Å². The number of aromatic nitrogens is 1. The first-order valence-electron chi connectivity index (χ1n) is 2.75. The number of aliphatic hydroxyl groups is 1. The topological polar surface area (TPSA) is 85.4 Å². The summed E-state index contributed by atoms with van der Waals surface area (Å²) in [5.74, 6) is 0.131. The number of carbonyl (C=O) groups is 1. The van der Waals surface area contributed by atoms with Gasteiger partial charge in [-0.2, -0.15) is 0 Å². The fourth-order valence-electron chi connectivity index (χ4n) is 0.517. The fraction of sp³-hybridized carbons (Fsp3) is 0.200. The molecular formula is C5H6N2O3S. The number of hydrogen-bond acceptors (Lipinski definition) is 5. The maximum Gasteiger partial charge on any atom is 0.411 e. The first-order chi connectivity index (χ1) is 5.22. The van der Waals surface area contributed by atoms with E-state index in [0.29, 0.717) is 5.01 Å². The highest BCUT2D eigenvalue weighted by Crippen LogP contribution is 2.15. The van der Waals surface area contributed by atoms with Gasteiger partial charge in [-0.1, -0.05) is 0 Å². The Labute approximate surface area is 66.4 Å². The van der Waals surface area contributed by atoms with Crippen molar-refractivity contribution in [1.29, 1.82) is 0 Å². The molecule has 6 heteroatoms. The zero-order valence-electron chi connectivity index (χ0n) is 5.48. The van der Waals surface area contributed by atoms with Crippen LogP contribution in [0.15, 0.2) is 5.38 Å². The van der Waals surface area contributed by atoms with Crippen molar-refractivity contribution in [3.05, 3.63) is 10.4 Å². The monoisotopic (exact) mass is 174 g/mol. The van der Waals surface area contributed by atoms with Crippen molar-refractivity contribution < 1.29 is 14.6 Å². The van der Waals surface area contributed by atoms with E-state index in [1.54, 1.807) is 0 Å². The van der Waals surface area contributed by atoms with E-state index < -0.39 is 6.09 Å². The Morgan fingerprint density at radius 1 is 1.91 bits per heavy atom. The van der Waals surface area contributed by atoms with Gasteiger partial charge >= 0.3 is 6.09 Å². The SMILES string of the molecule is NC(=O)Oc1csc(CO)n1. The third-order valence-electron chi connectivity index (χ3n) is 0.871. The summed E-state index contributed by atoms with van der Waals surface area (Å²) in [6, 6.07) is 0. The van der Waals surface area contributed by atoms with E-state index in [4.69, 9.17) is 10.8 Å². The van der Waals surface area contributed by atoms with Gasteiger partial charge in [-0.3, -0.25) is 0 Å². The second-order valence-corrected chi connectivity index (χ2v) is 2.60. The van der Waals surface area contributed by atoms with Crippen LogP contribution in [0.3, 0.4) is 0 Å². The lowest BCUT2D eigenvalue weighted by Gasteiger charge is -1.91. The number of nitrogens with two attached hydrogens (primary N) is 1. The van der Waals surface area contributed by atoms with Crippen LogP contribution in [0, 0.1) is 0 Å². The summed E-state index contributed by atoms with van der Waals surface area (Å²) in [4.78, 5) is 13.9. The normalized spacial score (nSPS) is 9.55. The second kappa shape index (κ2) is 3.31. The molecule has 0 saturated heterocycles. The minimum absolute atomic E-state index is 0.131. The Morgan fingerprint density at radius 2 is 2.64 bits per heavy atom. The number of amides is 1. The van der Waals surface area contributed by atoms with Crippen LogP contribution in [0.1, 0.15) is 5.01 Å². The zero-order chi connectivity index (χ0) is 8.27. The fourth-order valence-corrected chi connectivity index (χ4v) is 1.07. The molecule has 0 atom stereocenters. The number of primary amides is 1. The van der Waals surface area contributed by atoms with E-state index in [0.717, 1.165) is 0 Å². The summed E-state index contributed by atoms with van der Waals surface area (Å²) in [7, 11) is 0. The first-order valence-corrected chi connectivity index (χ1v) is 3.63. The number of nitrogens with zero attached hydrogens (tertiary/aromatic N) is 1. The molecule has 0 radical (unpaired) electrons. The first kappa shape index (κ1) is 7.96. The Kier molecular flexibility index (Phi) is 2.40. The number of carbonyl (C=O) groups excluding carboxylic acids is 1. The van der Waals surface area contributed by atoms with Gasteiger partial charge in [0.25, 0.3) is 0 Å². The van der Waals surface area contributed by atoms with Crippen molar-refractivity contribution in [1.82, 2.24) is 4.98 Å². The van der Waals surface area contributed by atoms with Gasteiger partial charge in [-0.15, -0.1) is 11.3 Å². The van der Waals surface area contributed by atoms with Gasteiger partial charge in [0, 0.05) is 0 Å². The molecule has 0 bridgehead atoms. The molecule has 1 rings (SSSR count). The minimum Gasteiger partial charge on any atom is -0.390 e. The van der Waals surface area contributed by atoms with Crippen LogP contribution in [-0.2, 0) is 6.61 Å². The Bertz CT molecular complexity index is 260. The quantitative estimate of drug-likeness (QED) is 0.665. The third kappa shape index (κ3) is 2.17. The molecule has 1 aromatic heterocycles. The van der Waals surface area contributed by atoms with E-state index in [1.165, 1.54) is 16.7 Å². The predicted molar refractivity (Wildman–Crippen MR) is 38.2 cm³/mol. The highest BCUT2D eigenvalue weighted by Gasteiger charge is 2.03. The summed E-state index contributed by atoms with van der Waals surface area (Å²) >= 11 is 1.20. The molecule has 3 N–H and O–H groups in total. The molecule has 0 fully saturated rings. The largest absolute Gasteiger partial charge is 0.411 e. The molecule has 0 aliphatic rings. The molecule has 0 spiro atoms. The average molecular weight is 174 g/mol. The highest BCUT2D eigenvalue weighted by atomic mass is 32.1. The minimum atomic E-state index is -0.903. The Hall–Kier alpha value is -1.14. The van der Waals surface area contributed by atoms with E-state index in [-0.39, 0.29) is 12.5 Å². The lowest BCUT2D eigenvalue weighted by atomic mass is 10.7. The lowest BCUT2D eigenvalue weighted by molar-refractivity contribution is 0.209. The molecular weight excluding hydrogens is 168 g/mol. The van der Waals surface area contributed by atoms with Crippen LogP contribution in [0.4, 0.5) is 4.79 Å². The lowest BCUT2D eigenvalue weighted by Crippen LogP contribution is -2.16. The van der Waals surface area contributed by atoms with Crippen LogP contribution < -0.4 is 10.5 Å². The van der Waals surface area contributed by atoms with Crippen LogP contribution in [0.25, 0.3) is 0 Å². The van der Waals surface area contributed by atoms with Crippen molar-refractivity contribution in [2.45, 2.75) is 6.61 Å². The van der Waals surface area contributed by atoms with Crippen molar-refractivity contribution >= 4 is 17.4 Å². The predicted octanol–water partition coefficient (Wildman–Crippen LogP) is 0.0929. The molecule has 1 amide bonds. The van der Waals surface area contributed by atoms with Gasteiger partial charge in [0.15, 0.2) is 0 Å². The molecule has 0 aromatic carbocycles. The van der Waals surface area contributed by atoms with Crippen LogP contribution >= 0.6 is 11.3 Å². The molecule has 60 valence electrons. The van der Waals surface area contributed by atoms with Crippen LogP contribution in [0.2, 0.25) is 0 Å². The van der Waals surface area contributed by atoms with Gasteiger partial charge in [-0.25, -0.2) is 9.78 Å². The van der Waals surface area contributed by atoms with E-state index in [2.05, 4.69) is 9.72 Å². The van der Waals surface area contributed by atoms with Crippen molar-refractivity contribution in [2.75, 3.05) is 0 Å². The third-order valence-corrected chi connectivity index (χ3v) is 1.68. The maximum absolute atomic E-state index is 10.2. The van der Waals surface area contributed by atoms with E-state index in [9.17, 15) is 4.79 Å². The molecule has 11 heavy (non-hydrogen) atoms. The number of ether oxygens (including phenoxy) is 1. The average Bonchev–Trinajstić information content (AvgIpc) is 2.34. The van der Waals surface area contributed by atoms with Gasteiger partial charge in [0.1, 0.15) is 5.01 Å². The van der Waals surface area contributed by atoms with E-state index >= 15 is 0 Å². The second-order valence-electron chi connectivity index (χ2n) is 1.66. The maximum atomic E-state index is 10.2. The Balaban J connectivity index is 2.65. The molecule has 5 nitrogen and oxygen atoms in total. The summed E-state index contributed by atoms with van der Waals surface area (Å²) in [6.07, 6.45) is -0.903. The van der Waals surface area contributed by atoms with Crippen molar-refractivity contribution in [3.8, 4) is 5.88 Å². The van der Waals surface area contributed by atoms with Gasteiger partial charge in [-0.05, 0) is 0 Å². The number of hydrogen-bond donors (Lipinski definition) is 2. The summed E-state index contributed by atoms with van der Waals surface area (Å²) in [5, 5.41) is 10.5. The summed E-state index contributed by atoms with van der Waals surface area (Å²) in [6.45, 7) is -0.160. The van der Waals surface area contributed by atoms with Crippen LogP contribution in [0.5, 0.6) is 5.88 Å². The number of aliphatic hydroxyl groups excluding tert-OH is 1. The molecule has 0 aliphatic carbocycles. The van der Waals surface area contributed by atoms with Crippen molar-refractivity contribution in [2.24, 2.45) is 5.73 Å². The number of thiazole rings is 1. The smallest absolute Gasteiger partial charge is 0.390 e. The Morgan fingerprint density at radius 3 is 3.09 bits per heavy atom. The summed E-state index contributed by atoms with van der Waals surface area (Å²) in [5.41, 5.74) is 4.72. The molecule has 0 aliphatic heterocycles.